The van der Waals surface area contributed by atoms with Crippen molar-refractivity contribution >= 4 is 28.8 Å². The number of hydrogen-bond donors (Lipinski definition) is 1. The number of fused-ring (bicyclic) bond motifs is 1. The highest BCUT2D eigenvalue weighted by atomic mass is 32.1. The molecule has 2 amide bonds. The van der Waals surface area contributed by atoms with E-state index in [1.54, 1.807) is 28.5 Å². The highest BCUT2D eigenvalue weighted by Gasteiger charge is 2.36. The third-order valence-corrected chi connectivity index (χ3v) is 5.85. The SMILES string of the molecule is CC(=O)NCC(=O)N1CC[C@@H](c2cc3nc(-c4cccs4)cc(C(F)(F)F)n3n2)C1. The lowest BCUT2D eigenvalue weighted by atomic mass is 10.1. The first-order chi connectivity index (χ1) is 14.2. The van der Waals surface area contributed by atoms with Gasteiger partial charge in [0.2, 0.25) is 11.8 Å². The lowest BCUT2D eigenvalue weighted by molar-refractivity contribution is -0.142. The second-order valence-electron chi connectivity index (χ2n) is 7.08. The van der Waals surface area contributed by atoms with E-state index in [2.05, 4.69) is 15.4 Å². The van der Waals surface area contributed by atoms with Crippen LogP contribution in [-0.2, 0) is 15.8 Å². The molecule has 3 aromatic heterocycles. The Labute approximate surface area is 173 Å². The maximum Gasteiger partial charge on any atom is 0.433 e. The van der Waals surface area contributed by atoms with Gasteiger partial charge in [0.15, 0.2) is 11.3 Å². The smallest absolute Gasteiger partial charge is 0.347 e. The first kappa shape index (κ1) is 20.3. The second-order valence-corrected chi connectivity index (χ2v) is 8.02. The molecule has 0 aromatic carbocycles. The Morgan fingerprint density at radius 3 is 2.80 bits per heavy atom. The summed E-state index contributed by atoms with van der Waals surface area (Å²) in [6.07, 6.45) is -4.01. The van der Waals surface area contributed by atoms with Gasteiger partial charge in [-0.1, -0.05) is 6.07 Å². The average molecular weight is 437 g/mol. The number of carbonyl (C=O) groups excluding carboxylic acids is 2. The number of hydrogen-bond acceptors (Lipinski definition) is 5. The molecule has 158 valence electrons. The van der Waals surface area contributed by atoms with Gasteiger partial charge in [0, 0.05) is 32.0 Å². The second kappa shape index (κ2) is 7.71. The van der Waals surface area contributed by atoms with E-state index in [1.165, 1.54) is 18.3 Å². The predicted molar refractivity (Wildman–Crippen MR) is 104 cm³/mol. The highest BCUT2D eigenvalue weighted by molar-refractivity contribution is 7.13. The Hall–Kier alpha value is -2.95. The standard InChI is InChI=1S/C19H18F3N5O2S/c1-11(28)23-9-18(29)26-5-4-12(10-26)13-8-17-24-14(15-3-2-6-30-15)7-16(19(20,21)22)27(17)25-13/h2-3,6-8,12H,4-5,9-10H2,1H3,(H,23,28)/t12-/m1/s1. The Kier molecular flexibility index (Phi) is 5.22. The molecule has 1 fully saturated rings. The van der Waals surface area contributed by atoms with Crippen molar-refractivity contribution in [3.63, 3.8) is 0 Å². The third-order valence-electron chi connectivity index (χ3n) is 4.96. The zero-order chi connectivity index (χ0) is 21.5. The van der Waals surface area contributed by atoms with Gasteiger partial charge in [-0.2, -0.15) is 18.3 Å². The summed E-state index contributed by atoms with van der Waals surface area (Å²) in [5.41, 5.74) is -0.0639. The molecule has 30 heavy (non-hydrogen) atoms. The molecular weight excluding hydrogens is 419 g/mol. The summed E-state index contributed by atoms with van der Waals surface area (Å²) in [4.78, 5) is 29.8. The number of halogens is 3. The van der Waals surface area contributed by atoms with Crippen LogP contribution in [0.1, 0.15) is 30.7 Å². The van der Waals surface area contributed by atoms with Crippen LogP contribution in [0.4, 0.5) is 13.2 Å². The summed E-state index contributed by atoms with van der Waals surface area (Å²) in [6, 6.07) is 6.04. The molecule has 4 rings (SSSR count). The summed E-state index contributed by atoms with van der Waals surface area (Å²) in [6.45, 7) is 2.02. The van der Waals surface area contributed by atoms with Gasteiger partial charge in [-0.25, -0.2) is 9.50 Å². The van der Waals surface area contributed by atoms with Crippen LogP contribution in [0, 0.1) is 0 Å². The fourth-order valence-electron chi connectivity index (χ4n) is 3.48. The van der Waals surface area contributed by atoms with Crippen LogP contribution >= 0.6 is 11.3 Å². The van der Waals surface area contributed by atoms with E-state index in [4.69, 9.17) is 0 Å². The fourth-order valence-corrected chi connectivity index (χ4v) is 4.17. The van der Waals surface area contributed by atoms with Crippen LogP contribution in [0.25, 0.3) is 16.2 Å². The van der Waals surface area contributed by atoms with Crippen molar-refractivity contribution in [1.82, 2.24) is 24.8 Å². The van der Waals surface area contributed by atoms with Gasteiger partial charge in [-0.15, -0.1) is 11.3 Å². The number of aromatic nitrogens is 3. The Bertz CT molecular complexity index is 1090. The van der Waals surface area contributed by atoms with Gasteiger partial charge in [0.1, 0.15) is 0 Å². The summed E-state index contributed by atoms with van der Waals surface area (Å²) < 4.78 is 41.8. The van der Waals surface area contributed by atoms with Crippen molar-refractivity contribution in [1.29, 1.82) is 0 Å². The maximum atomic E-state index is 13.7. The molecule has 0 radical (unpaired) electrons. The summed E-state index contributed by atoms with van der Waals surface area (Å²) in [7, 11) is 0. The molecule has 1 atom stereocenters. The van der Waals surface area contributed by atoms with Crippen LogP contribution in [0.2, 0.25) is 0 Å². The van der Waals surface area contributed by atoms with Gasteiger partial charge in [-0.05, 0) is 23.9 Å². The summed E-state index contributed by atoms with van der Waals surface area (Å²) in [5.74, 6) is -0.725. The van der Waals surface area contributed by atoms with E-state index in [0.717, 1.165) is 10.6 Å². The van der Waals surface area contributed by atoms with E-state index in [0.29, 0.717) is 30.1 Å². The zero-order valence-corrected chi connectivity index (χ0v) is 16.8. The molecule has 1 saturated heterocycles. The molecule has 0 aliphatic carbocycles. The molecule has 4 heterocycles. The molecule has 1 aliphatic rings. The van der Waals surface area contributed by atoms with Crippen molar-refractivity contribution in [2.75, 3.05) is 19.6 Å². The van der Waals surface area contributed by atoms with Crippen LogP contribution < -0.4 is 5.32 Å². The molecule has 1 aliphatic heterocycles. The van der Waals surface area contributed by atoms with Gasteiger partial charge < -0.3 is 10.2 Å². The van der Waals surface area contributed by atoms with Gasteiger partial charge in [0.05, 0.1) is 22.8 Å². The summed E-state index contributed by atoms with van der Waals surface area (Å²) in [5, 5.41) is 8.42. The quantitative estimate of drug-likeness (QED) is 0.681. The van der Waals surface area contributed by atoms with Crippen molar-refractivity contribution in [3.8, 4) is 10.6 Å². The number of thiophene rings is 1. The number of alkyl halides is 3. The average Bonchev–Trinajstić information content (AvgIpc) is 3.43. The van der Waals surface area contributed by atoms with Gasteiger partial charge in [0.25, 0.3) is 0 Å². The molecular formula is C19H18F3N5O2S. The van der Waals surface area contributed by atoms with E-state index in [1.807, 2.05) is 0 Å². The molecule has 1 N–H and O–H groups in total. The normalized spacial score (nSPS) is 16.9. The van der Waals surface area contributed by atoms with Crippen molar-refractivity contribution < 1.29 is 22.8 Å². The fraction of sp³-hybridized carbons (Fsp3) is 0.368. The summed E-state index contributed by atoms with van der Waals surface area (Å²) >= 11 is 1.31. The lowest BCUT2D eigenvalue weighted by Crippen LogP contribution is -2.38. The monoisotopic (exact) mass is 437 g/mol. The predicted octanol–water partition coefficient (Wildman–Crippen LogP) is 2.93. The minimum atomic E-state index is -4.59. The van der Waals surface area contributed by atoms with E-state index in [-0.39, 0.29) is 35.6 Å². The molecule has 0 spiro atoms. The lowest BCUT2D eigenvalue weighted by Gasteiger charge is -2.16. The molecule has 3 aromatic rings. The largest absolute Gasteiger partial charge is 0.433 e. The van der Waals surface area contributed by atoms with Gasteiger partial charge >= 0.3 is 6.18 Å². The topological polar surface area (TPSA) is 79.6 Å². The highest BCUT2D eigenvalue weighted by Crippen LogP contribution is 2.35. The number of nitrogens with zero attached hydrogens (tertiary/aromatic N) is 4. The third kappa shape index (κ3) is 4.02. The minimum Gasteiger partial charge on any atom is -0.347 e. The first-order valence-corrected chi connectivity index (χ1v) is 10.1. The Balaban J connectivity index is 1.63. The molecule has 0 unspecified atom stereocenters. The molecule has 0 bridgehead atoms. The van der Waals surface area contributed by atoms with Crippen LogP contribution in [0.5, 0.6) is 0 Å². The molecule has 0 saturated carbocycles. The number of amides is 2. The van der Waals surface area contributed by atoms with Crippen molar-refractivity contribution in [2.24, 2.45) is 0 Å². The van der Waals surface area contributed by atoms with Crippen LogP contribution in [0.15, 0.2) is 29.6 Å². The first-order valence-electron chi connectivity index (χ1n) is 9.26. The van der Waals surface area contributed by atoms with E-state index < -0.39 is 11.9 Å². The zero-order valence-electron chi connectivity index (χ0n) is 15.9. The maximum absolute atomic E-state index is 13.7. The van der Waals surface area contributed by atoms with E-state index >= 15 is 0 Å². The minimum absolute atomic E-state index is 0.100. The van der Waals surface area contributed by atoms with Crippen LogP contribution in [0.3, 0.4) is 0 Å². The molecule has 7 nitrogen and oxygen atoms in total. The molecule has 11 heteroatoms. The number of rotatable bonds is 4. The van der Waals surface area contributed by atoms with Gasteiger partial charge in [-0.3, -0.25) is 9.59 Å². The van der Waals surface area contributed by atoms with Crippen molar-refractivity contribution in [3.05, 3.63) is 41.0 Å². The Morgan fingerprint density at radius 1 is 1.33 bits per heavy atom. The van der Waals surface area contributed by atoms with Crippen molar-refractivity contribution in [2.45, 2.75) is 25.4 Å². The van der Waals surface area contributed by atoms with Crippen LogP contribution in [-0.4, -0.2) is 50.9 Å². The Morgan fingerprint density at radius 2 is 2.13 bits per heavy atom. The number of nitrogens with one attached hydrogen (secondary N) is 1. The number of carbonyl (C=O) groups is 2. The number of likely N-dealkylation sites (tertiary alicyclic amines) is 1. The van der Waals surface area contributed by atoms with E-state index in [9.17, 15) is 22.8 Å².